The van der Waals surface area contributed by atoms with Crippen LogP contribution in [-0.4, -0.2) is 88.6 Å². The van der Waals surface area contributed by atoms with Crippen LogP contribution in [0.1, 0.15) is 6.42 Å². The maximum absolute atomic E-state index is 12.6. The Kier molecular flexibility index (Phi) is 7.76. The number of nitrogens with zero attached hydrogens (tertiary/aromatic N) is 6. The third-order valence-corrected chi connectivity index (χ3v) is 8.41. The van der Waals surface area contributed by atoms with Crippen molar-refractivity contribution in [2.24, 2.45) is 9.98 Å². The molecule has 2 aliphatic heterocycles. The van der Waals surface area contributed by atoms with Crippen molar-refractivity contribution in [2.75, 3.05) is 57.2 Å². The molecule has 0 spiro atoms. The van der Waals surface area contributed by atoms with Gasteiger partial charge in [0, 0.05) is 62.5 Å². The van der Waals surface area contributed by atoms with Gasteiger partial charge in [-0.15, -0.1) is 0 Å². The van der Waals surface area contributed by atoms with Crippen molar-refractivity contribution in [1.82, 2.24) is 24.6 Å². The molecule has 1 fully saturated rings. The first kappa shape index (κ1) is 27.1. The molecule has 0 aliphatic carbocycles. The van der Waals surface area contributed by atoms with Crippen molar-refractivity contribution in [1.29, 1.82) is 0 Å². The van der Waals surface area contributed by atoms with Crippen LogP contribution in [-0.2, 0) is 11.4 Å². The molecular weight excluding hydrogens is 562 g/mol. The molecule has 4 aromatic rings. The lowest BCUT2D eigenvalue weighted by Crippen LogP contribution is -2.50. The van der Waals surface area contributed by atoms with E-state index in [9.17, 15) is 4.55 Å². The third-order valence-electron chi connectivity index (χ3n) is 6.98. The molecule has 14 heteroatoms. The lowest BCUT2D eigenvalue weighted by Gasteiger charge is -2.37. The van der Waals surface area contributed by atoms with Crippen molar-refractivity contribution >= 4 is 74.3 Å². The Morgan fingerprint density at radius 3 is 2.51 bits per heavy atom. The van der Waals surface area contributed by atoms with E-state index in [0.717, 1.165) is 66.0 Å². The predicted molar refractivity (Wildman–Crippen MR) is 166 cm³/mol. The zero-order valence-electron chi connectivity index (χ0n) is 22.6. The van der Waals surface area contributed by atoms with Crippen LogP contribution in [0.5, 0.6) is 11.5 Å². The lowest BCUT2D eigenvalue weighted by molar-refractivity contribution is 0.356. The van der Waals surface area contributed by atoms with Gasteiger partial charge >= 0.3 is 0 Å². The van der Waals surface area contributed by atoms with E-state index in [-0.39, 0.29) is 0 Å². The number of hydrogen-bond donors (Lipinski definition) is 3. The number of hydrogen-bond acceptors (Lipinski definition) is 10. The highest BCUT2D eigenvalue weighted by Crippen LogP contribution is 2.38. The predicted octanol–water partition coefficient (Wildman–Crippen LogP) is 3.09. The Hall–Kier alpha value is -4.14. The summed E-state index contributed by atoms with van der Waals surface area (Å²) < 4.78 is 26.4. The van der Waals surface area contributed by atoms with E-state index < -0.39 is 11.4 Å². The summed E-state index contributed by atoms with van der Waals surface area (Å²) in [6, 6.07) is 11.2. The van der Waals surface area contributed by atoms with Gasteiger partial charge in [-0.05, 0) is 42.5 Å². The van der Waals surface area contributed by atoms with Crippen LogP contribution >= 0.6 is 12.2 Å². The monoisotopic (exact) mass is 591 g/mol. The maximum atomic E-state index is 12.6. The molecule has 1 saturated heterocycles. The van der Waals surface area contributed by atoms with Gasteiger partial charge in [0.25, 0.3) is 5.96 Å². The first-order valence-electron chi connectivity index (χ1n) is 13.1. The minimum atomic E-state index is -1.45. The molecule has 4 heterocycles. The van der Waals surface area contributed by atoms with E-state index in [4.69, 9.17) is 21.7 Å². The molecule has 6 rings (SSSR count). The topological polar surface area (TPSA) is 138 Å². The van der Waals surface area contributed by atoms with E-state index in [1.54, 1.807) is 38.9 Å². The number of benzene rings is 2. The van der Waals surface area contributed by atoms with Gasteiger partial charge in [-0.2, -0.15) is 4.72 Å². The quantitative estimate of drug-likeness (QED) is 0.227. The Morgan fingerprint density at radius 1 is 1.05 bits per heavy atom. The Morgan fingerprint density at radius 2 is 1.80 bits per heavy atom. The summed E-state index contributed by atoms with van der Waals surface area (Å²) in [5.41, 5.74) is 2.50. The summed E-state index contributed by atoms with van der Waals surface area (Å²) in [5.74, 6) is 2.57. The van der Waals surface area contributed by atoms with Gasteiger partial charge in [-0.3, -0.25) is 0 Å². The molecule has 12 nitrogen and oxygen atoms in total. The number of ether oxygens (including phenoxy) is 2. The summed E-state index contributed by atoms with van der Waals surface area (Å²) in [6.07, 6.45) is 4.15. The normalized spacial score (nSPS) is 16.0. The summed E-state index contributed by atoms with van der Waals surface area (Å²) in [4.78, 5) is 25.9. The van der Waals surface area contributed by atoms with E-state index in [2.05, 4.69) is 44.8 Å². The standard InChI is InChI=1S/C27H29N9O3S2/c1-38-21-14-19-20(15-22(21)39-2)33-24-23(19)25(31-16-30-24)35-10-12-36(13-11-35)27(40)32-17-4-6-18(7-5-17)41(37)34-26-28-8-3-9-29-26/h4-8,14-16H,3,9-13H2,1-2H3,(H,29,34)(H,32,40)(H,30,31,33). The lowest BCUT2D eigenvalue weighted by atomic mass is 10.1. The highest BCUT2D eigenvalue weighted by atomic mass is 32.2. The van der Waals surface area contributed by atoms with Gasteiger partial charge in [0.15, 0.2) is 21.5 Å². The van der Waals surface area contributed by atoms with E-state index in [0.29, 0.717) is 34.0 Å². The second-order valence-corrected chi connectivity index (χ2v) is 11.0. The molecule has 2 aliphatic rings. The van der Waals surface area contributed by atoms with Crippen LogP contribution in [0.3, 0.4) is 0 Å². The van der Waals surface area contributed by atoms with Gasteiger partial charge < -0.3 is 34.1 Å². The van der Waals surface area contributed by atoms with E-state index in [1.165, 1.54) is 0 Å². The summed E-state index contributed by atoms with van der Waals surface area (Å²) >= 11 is 4.27. The SMILES string of the molecule is COc1cc2[nH]c3ncnc(N4CCN(C(=S)Nc5ccc([S+]([O-])NC6=NCCC=N6)cc5)CC4)c3c2cc1OC. The fourth-order valence-electron chi connectivity index (χ4n) is 4.88. The average Bonchev–Trinajstić information content (AvgIpc) is 3.39. The number of aromatic amines is 1. The zero-order valence-corrected chi connectivity index (χ0v) is 24.2. The summed E-state index contributed by atoms with van der Waals surface area (Å²) in [7, 11) is 3.25. The highest BCUT2D eigenvalue weighted by molar-refractivity contribution is 7.90. The molecule has 2 aromatic carbocycles. The van der Waals surface area contributed by atoms with Crippen LogP contribution in [0.25, 0.3) is 21.9 Å². The molecule has 2 aromatic heterocycles. The number of thiocarbonyl (C=S) groups is 1. The first-order valence-corrected chi connectivity index (χ1v) is 14.6. The van der Waals surface area contributed by atoms with Crippen molar-refractivity contribution in [3.8, 4) is 11.5 Å². The minimum Gasteiger partial charge on any atom is -0.588 e. The van der Waals surface area contributed by atoms with Gasteiger partial charge in [-0.25, -0.2) is 20.0 Å². The van der Waals surface area contributed by atoms with Crippen molar-refractivity contribution in [2.45, 2.75) is 11.3 Å². The number of H-pyrrole nitrogens is 1. The Bertz CT molecular complexity index is 1630. The van der Waals surface area contributed by atoms with Crippen LogP contribution in [0.15, 0.2) is 57.6 Å². The van der Waals surface area contributed by atoms with Crippen LogP contribution in [0, 0.1) is 0 Å². The van der Waals surface area contributed by atoms with Gasteiger partial charge in [-0.1, -0.05) is 0 Å². The molecule has 1 atom stereocenters. The average molecular weight is 592 g/mol. The fourth-order valence-corrected chi connectivity index (χ4v) is 5.97. The molecule has 0 saturated carbocycles. The summed E-state index contributed by atoms with van der Waals surface area (Å²) in [6.45, 7) is 3.58. The molecular formula is C27H29N9O3S2. The largest absolute Gasteiger partial charge is 0.588 e. The Balaban J connectivity index is 1.10. The molecule has 3 N–H and O–H groups in total. The zero-order chi connectivity index (χ0) is 28.3. The number of fused-ring (bicyclic) bond motifs is 3. The third kappa shape index (κ3) is 5.58. The number of anilines is 2. The van der Waals surface area contributed by atoms with Crippen molar-refractivity contribution in [3.05, 3.63) is 42.7 Å². The fraction of sp³-hybridized carbons (Fsp3) is 0.296. The van der Waals surface area contributed by atoms with Crippen molar-refractivity contribution in [3.63, 3.8) is 0 Å². The first-order chi connectivity index (χ1) is 20.0. The molecule has 41 heavy (non-hydrogen) atoms. The van der Waals surface area contributed by atoms with Gasteiger partial charge in [0.2, 0.25) is 0 Å². The molecule has 1 unspecified atom stereocenters. The van der Waals surface area contributed by atoms with Crippen molar-refractivity contribution < 1.29 is 14.0 Å². The molecule has 0 bridgehead atoms. The van der Waals surface area contributed by atoms with Gasteiger partial charge in [0.05, 0.1) is 25.1 Å². The summed E-state index contributed by atoms with van der Waals surface area (Å²) in [5, 5.41) is 5.87. The van der Waals surface area contributed by atoms with Crippen LogP contribution in [0.2, 0.25) is 0 Å². The van der Waals surface area contributed by atoms with Gasteiger partial charge in [0.1, 0.15) is 29.2 Å². The second kappa shape index (κ2) is 11.8. The minimum absolute atomic E-state index is 0.393. The number of aliphatic imine (C=N–C) groups is 2. The number of piperazine rings is 1. The number of rotatable bonds is 6. The number of methoxy groups -OCH3 is 2. The molecule has 0 radical (unpaired) electrons. The molecule has 212 valence electrons. The van der Waals surface area contributed by atoms with E-state index in [1.807, 2.05) is 24.3 Å². The smallest absolute Gasteiger partial charge is 0.260 e. The second-order valence-electron chi connectivity index (χ2n) is 9.40. The highest BCUT2D eigenvalue weighted by Gasteiger charge is 2.24. The number of nitrogens with one attached hydrogen (secondary N) is 3. The van der Waals surface area contributed by atoms with Crippen LogP contribution in [0.4, 0.5) is 11.5 Å². The van der Waals surface area contributed by atoms with Crippen LogP contribution < -0.4 is 24.4 Å². The molecule has 0 amide bonds. The number of aromatic nitrogens is 3. The maximum Gasteiger partial charge on any atom is 0.260 e. The number of guanidine groups is 1. The van der Waals surface area contributed by atoms with E-state index >= 15 is 0 Å². The Labute approximate surface area is 245 Å².